The molecule has 146 valence electrons. The molecule has 0 spiro atoms. The van der Waals surface area contributed by atoms with Crippen LogP contribution in [0.15, 0.2) is 47.6 Å². The highest BCUT2D eigenvalue weighted by molar-refractivity contribution is 7.99. The van der Waals surface area contributed by atoms with E-state index < -0.39 is 0 Å². The molecule has 0 aliphatic carbocycles. The standard InChI is InChI=1S/C20H21ClN4O2S/c1-13-7-6-8-14(2)19(13)22-18(26)12-28-20-24-23-17(25(20)3)11-27-16-10-5-4-9-15(16)21/h4-10H,11-12H2,1-3H3,(H,22,26). The zero-order chi connectivity index (χ0) is 20.1. The average molecular weight is 417 g/mol. The van der Waals surface area contributed by atoms with Gasteiger partial charge in [-0.1, -0.05) is 53.7 Å². The van der Waals surface area contributed by atoms with E-state index in [9.17, 15) is 4.79 Å². The van der Waals surface area contributed by atoms with Crippen LogP contribution in [0, 0.1) is 13.8 Å². The summed E-state index contributed by atoms with van der Waals surface area (Å²) in [5.74, 6) is 1.40. The molecule has 0 aliphatic heterocycles. The molecule has 0 saturated carbocycles. The Labute approximate surface area is 173 Å². The molecular formula is C20H21ClN4O2S. The number of hydrogen-bond donors (Lipinski definition) is 1. The van der Waals surface area contributed by atoms with Crippen LogP contribution in [0.3, 0.4) is 0 Å². The predicted molar refractivity (Wildman–Crippen MR) is 112 cm³/mol. The molecule has 0 radical (unpaired) electrons. The third-order valence-electron chi connectivity index (χ3n) is 4.20. The molecule has 2 aromatic carbocycles. The molecule has 1 aromatic heterocycles. The van der Waals surface area contributed by atoms with Crippen LogP contribution in [-0.2, 0) is 18.4 Å². The van der Waals surface area contributed by atoms with Crippen molar-refractivity contribution in [2.24, 2.45) is 7.05 Å². The van der Waals surface area contributed by atoms with E-state index in [0.29, 0.717) is 21.8 Å². The number of amides is 1. The van der Waals surface area contributed by atoms with Gasteiger partial charge in [0.15, 0.2) is 11.0 Å². The second-order valence-corrected chi connectivity index (χ2v) is 7.63. The number of nitrogens with one attached hydrogen (secondary N) is 1. The molecule has 0 fully saturated rings. The fraction of sp³-hybridized carbons (Fsp3) is 0.250. The Hall–Kier alpha value is -2.51. The van der Waals surface area contributed by atoms with Gasteiger partial charge in [0.2, 0.25) is 5.91 Å². The van der Waals surface area contributed by atoms with Gasteiger partial charge >= 0.3 is 0 Å². The second-order valence-electron chi connectivity index (χ2n) is 6.28. The quantitative estimate of drug-likeness (QED) is 0.578. The molecule has 8 heteroatoms. The lowest BCUT2D eigenvalue weighted by Crippen LogP contribution is -2.16. The van der Waals surface area contributed by atoms with E-state index in [-0.39, 0.29) is 18.3 Å². The van der Waals surface area contributed by atoms with Gasteiger partial charge < -0.3 is 14.6 Å². The maximum Gasteiger partial charge on any atom is 0.234 e. The van der Waals surface area contributed by atoms with Crippen molar-refractivity contribution in [1.82, 2.24) is 14.8 Å². The SMILES string of the molecule is Cc1cccc(C)c1NC(=O)CSc1nnc(COc2ccccc2Cl)n1C. The molecular weight excluding hydrogens is 396 g/mol. The number of para-hydroxylation sites is 2. The third-order valence-corrected chi connectivity index (χ3v) is 5.53. The van der Waals surface area contributed by atoms with Gasteiger partial charge in [-0.3, -0.25) is 4.79 Å². The van der Waals surface area contributed by atoms with Gasteiger partial charge in [0.05, 0.1) is 10.8 Å². The highest BCUT2D eigenvalue weighted by Gasteiger charge is 2.13. The summed E-state index contributed by atoms with van der Waals surface area (Å²) < 4.78 is 7.52. The summed E-state index contributed by atoms with van der Waals surface area (Å²) in [7, 11) is 1.84. The smallest absolute Gasteiger partial charge is 0.234 e. The zero-order valence-electron chi connectivity index (χ0n) is 15.9. The van der Waals surface area contributed by atoms with Gasteiger partial charge in [0.1, 0.15) is 12.4 Å². The molecule has 1 amide bonds. The van der Waals surface area contributed by atoms with Crippen molar-refractivity contribution < 1.29 is 9.53 Å². The van der Waals surface area contributed by atoms with E-state index >= 15 is 0 Å². The Bertz CT molecular complexity index is 970. The molecule has 0 atom stereocenters. The summed E-state index contributed by atoms with van der Waals surface area (Å²) in [6.45, 7) is 4.19. The maximum atomic E-state index is 12.3. The highest BCUT2D eigenvalue weighted by Crippen LogP contribution is 2.25. The number of anilines is 1. The van der Waals surface area contributed by atoms with Crippen molar-refractivity contribution >= 4 is 35.0 Å². The van der Waals surface area contributed by atoms with E-state index in [1.54, 1.807) is 12.1 Å². The fourth-order valence-corrected chi connectivity index (χ4v) is 3.54. The van der Waals surface area contributed by atoms with Gasteiger partial charge in [-0.2, -0.15) is 0 Å². The highest BCUT2D eigenvalue weighted by atomic mass is 35.5. The Morgan fingerprint density at radius 1 is 1.14 bits per heavy atom. The fourth-order valence-electron chi connectivity index (χ4n) is 2.62. The average Bonchev–Trinajstić information content (AvgIpc) is 3.02. The summed E-state index contributed by atoms with van der Waals surface area (Å²) in [6.07, 6.45) is 0. The summed E-state index contributed by atoms with van der Waals surface area (Å²) in [5, 5.41) is 12.5. The number of ether oxygens (including phenoxy) is 1. The first-order valence-corrected chi connectivity index (χ1v) is 10.1. The van der Waals surface area contributed by atoms with Crippen LogP contribution in [-0.4, -0.2) is 26.4 Å². The van der Waals surface area contributed by atoms with Crippen LogP contribution in [0.25, 0.3) is 0 Å². The monoisotopic (exact) mass is 416 g/mol. The molecule has 3 aromatic rings. The first kappa shape index (κ1) is 20.2. The van der Waals surface area contributed by atoms with E-state index in [2.05, 4.69) is 15.5 Å². The first-order valence-electron chi connectivity index (χ1n) is 8.70. The number of rotatable bonds is 7. The number of nitrogens with zero attached hydrogens (tertiary/aromatic N) is 3. The Balaban J connectivity index is 1.57. The molecule has 1 N–H and O–H groups in total. The van der Waals surface area contributed by atoms with Crippen LogP contribution in [0.1, 0.15) is 17.0 Å². The molecule has 6 nitrogen and oxygen atoms in total. The Morgan fingerprint density at radius 3 is 2.57 bits per heavy atom. The van der Waals surface area contributed by atoms with E-state index in [0.717, 1.165) is 16.8 Å². The van der Waals surface area contributed by atoms with Crippen molar-refractivity contribution in [3.8, 4) is 5.75 Å². The van der Waals surface area contributed by atoms with Crippen molar-refractivity contribution in [2.75, 3.05) is 11.1 Å². The lowest BCUT2D eigenvalue weighted by atomic mass is 10.1. The molecule has 28 heavy (non-hydrogen) atoms. The number of carbonyl (C=O) groups excluding carboxylic acids is 1. The van der Waals surface area contributed by atoms with Crippen LogP contribution < -0.4 is 10.1 Å². The normalized spacial score (nSPS) is 10.7. The molecule has 0 bridgehead atoms. The second kappa shape index (κ2) is 9.12. The number of thioether (sulfide) groups is 1. The third kappa shape index (κ3) is 4.85. The topological polar surface area (TPSA) is 69.0 Å². The number of carbonyl (C=O) groups is 1. The summed E-state index contributed by atoms with van der Waals surface area (Å²) in [4.78, 5) is 12.3. The van der Waals surface area contributed by atoms with Gasteiger partial charge in [0.25, 0.3) is 0 Å². The van der Waals surface area contributed by atoms with Gasteiger partial charge in [-0.25, -0.2) is 0 Å². The van der Waals surface area contributed by atoms with Crippen molar-refractivity contribution in [3.63, 3.8) is 0 Å². The molecule has 0 unspecified atom stereocenters. The Morgan fingerprint density at radius 2 is 1.86 bits per heavy atom. The summed E-state index contributed by atoms with van der Waals surface area (Å²) in [5.41, 5.74) is 2.94. The molecule has 0 aliphatic rings. The van der Waals surface area contributed by atoms with Crippen LogP contribution in [0.2, 0.25) is 5.02 Å². The number of halogens is 1. The van der Waals surface area contributed by atoms with E-state index in [1.807, 2.05) is 55.8 Å². The maximum absolute atomic E-state index is 12.3. The van der Waals surface area contributed by atoms with Gasteiger partial charge in [-0.15, -0.1) is 10.2 Å². The van der Waals surface area contributed by atoms with Crippen molar-refractivity contribution in [2.45, 2.75) is 25.6 Å². The van der Waals surface area contributed by atoms with Crippen LogP contribution in [0.4, 0.5) is 5.69 Å². The van der Waals surface area contributed by atoms with Crippen molar-refractivity contribution in [1.29, 1.82) is 0 Å². The molecule has 3 rings (SSSR count). The minimum Gasteiger partial charge on any atom is -0.484 e. The summed E-state index contributed by atoms with van der Waals surface area (Å²) >= 11 is 7.42. The predicted octanol–water partition coefficient (Wildman–Crippen LogP) is 4.40. The zero-order valence-corrected chi connectivity index (χ0v) is 17.5. The van der Waals surface area contributed by atoms with E-state index in [1.165, 1.54) is 11.8 Å². The van der Waals surface area contributed by atoms with Gasteiger partial charge in [0, 0.05) is 12.7 Å². The Kier molecular flexibility index (Phi) is 6.59. The number of benzene rings is 2. The number of hydrogen-bond acceptors (Lipinski definition) is 5. The van der Waals surface area contributed by atoms with Gasteiger partial charge in [-0.05, 0) is 37.1 Å². The number of aromatic nitrogens is 3. The molecule has 0 saturated heterocycles. The van der Waals surface area contributed by atoms with Crippen LogP contribution >= 0.6 is 23.4 Å². The lowest BCUT2D eigenvalue weighted by molar-refractivity contribution is -0.113. The van der Waals surface area contributed by atoms with Crippen molar-refractivity contribution in [3.05, 3.63) is 64.4 Å². The first-order chi connectivity index (χ1) is 13.5. The largest absolute Gasteiger partial charge is 0.484 e. The lowest BCUT2D eigenvalue weighted by Gasteiger charge is -2.11. The minimum atomic E-state index is -0.0840. The minimum absolute atomic E-state index is 0.0840. The van der Waals surface area contributed by atoms with Crippen LogP contribution in [0.5, 0.6) is 5.75 Å². The van der Waals surface area contributed by atoms with E-state index in [4.69, 9.17) is 16.3 Å². The summed E-state index contributed by atoms with van der Waals surface area (Å²) in [6, 6.07) is 13.2. The number of aryl methyl sites for hydroxylation is 2. The molecule has 1 heterocycles.